The third kappa shape index (κ3) is 5.72. The lowest BCUT2D eigenvalue weighted by Gasteiger charge is -2.18. The topological polar surface area (TPSA) is 62.2 Å². The highest BCUT2D eigenvalue weighted by atomic mass is 32.1. The Hall–Kier alpha value is -4.17. The molecule has 4 nitrogen and oxygen atoms in total. The maximum absolute atomic E-state index is 13.9. The molecule has 0 saturated carbocycles. The molecule has 0 atom stereocenters. The average molecular weight is 561 g/mol. The molecule has 0 radical (unpaired) electrons. The van der Waals surface area contributed by atoms with Crippen molar-refractivity contribution in [2.24, 2.45) is 0 Å². The van der Waals surface area contributed by atoms with Crippen molar-refractivity contribution in [2.75, 3.05) is 5.32 Å². The average Bonchev–Trinajstić information content (AvgIpc) is 3.37. The molecule has 0 spiro atoms. The van der Waals surface area contributed by atoms with Gasteiger partial charge < -0.3 is 10.4 Å². The van der Waals surface area contributed by atoms with E-state index in [1.54, 1.807) is 12.3 Å². The van der Waals surface area contributed by atoms with Crippen LogP contribution in [0.15, 0.2) is 77.6 Å². The molecule has 0 saturated heterocycles. The van der Waals surface area contributed by atoms with Crippen molar-refractivity contribution in [1.82, 2.24) is 4.98 Å². The van der Waals surface area contributed by atoms with E-state index in [4.69, 9.17) is 0 Å². The summed E-state index contributed by atoms with van der Waals surface area (Å²) in [5, 5.41) is 17.1. The second kappa shape index (κ2) is 11.1. The fourth-order valence-corrected chi connectivity index (χ4v) is 5.90. The SMILES string of the molecule is Cc1cc(NCc2cscc2-c2c(Cc3ccccc3)cnc3c(C(F)(F)F)cccc23)c(C)cc1CC(=O)O. The fourth-order valence-electron chi connectivity index (χ4n) is 5.05. The van der Waals surface area contributed by atoms with Gasteiger partial charge >= 0.3 is 12.1 Å². The minimum Gasteiger partial charge on any atom is -0.481 e. The van der Waals surface area contributed by atoms with Gasteiger partial charge in [0.25, 0.3) is 0 Å². The van der Waals surface area contributed by atoms with E-state index >= 15 is 0 Å². The molecule has 5 rings (SSSR count). The summed E-state index contributed by atoms with van der Waals surface area (Å²) in [5.74, 6) is -0.879. The Labute approximate surface area is 234 Å². The van der Waals surface area contributed by atoms with E-state index in [2.05, 4.69) is 10.3 Å². The Morgan fingerprint density at radius 2 is 1.73 bits per heavy atom. The Bertz CT molecular complexity index is 1690. The normalized spacial score (nSPS) is 11.6. The van der Waals surface area contributed by atoms with Crippen LogP contribution in [0.1, 0.15) is 38.9 Å². The van der Waals surface area contributed by atoms with E-state index in [1.807, 2.05) is 67.1 Å². The van der Waals surface area contributed by atoms with Gasteiger partial charge in [-0.2, -0.15) is 24.5 Å². The summed E-state index contributed by atoms with van der Waals surface area (Å²) < 4.78 is 41.7. The van der Waals surface area contributed by atoms with Crippen molar-refractivity contribution < 1.29 is 23.1 Å². The van der Waals surface area contributed by atoms with E-state index in [9.17, 15) is 23.1 Å². The molecule has 0 amide bonds. The molecular weight excluding hydrogens is 533 g/mol. The van der Waals surface area contributed by atoms with Gasteiger partial charge in [-0.1, -0.05) is 48.5 Å². The van der Waals surface area contributed by atoms with Gasteiger partial charge in [0.1, 0.15) is 0 Å². The van der Waals surface area contributed by atoms with Gasteiger partial charge in [-0.3, -0.25) is 9.78 Å². The number of alkyl halides is 3. The maximum atomic E-state index is 13.9. The van der Waals surface area contributed by atoms with Crippen molar-refractivity contribution >= 4 is 33.9 Å². The van der Waals surface area contributed by atoms with Gasteiger partial charge in [-0.25, -0.2) is 0 Å². The predicted octanol–water partition coefficient (Wildman–Crippen LogP) is 8.43. The Morgan fingerprint density at radius 3 is 2.45 bits per heavy atom. The highest BCUT2D eigenvalue weighted by molar-refractivity contribution is 7.08. The molecule has 2 heterocycles. The molecule has 0 aliphatic carbocycles. The molecule has 0 unspecified atom stereocenters. The minimum atomic E-state index is -4.52. The highest BCUT2D eigenvalue weighted by Crippen LogP contribution is 2.41. The number of fused-ring (bicyclic) bond motifs is 1. The number of thiophene rings is 1. The molecule has 8 heteroatoms. The minimum absolute atomic E-state index is 0.0408. The number of carboxylic acids is 1. The Morgan fingerprint density at radius 1 is 0.950 bits per heavy atom. The zero-order valence-corrected chi connectivity index (χ0v) is 22.8. The first-order chi connectivity index (χ1) is 19.1. The quantitative estimate of drug-likeness (QED) is 0.200. The van der Waals surface area contributed by atoms with Crippen LogP contribution in [-0.2, 0) is 30.4 Å². The molecule has 0 aliphatic rings. The lowest BCUT2D eigenvalue weighted by atomic mass is 9.91. The maximum Gasteiger partial charge on any atom is 0.418 e. The van der Waals surface area contributed by atoms with Crippen LogP contribution < -0.4 is 5.32 Å². The number of nitrogens with one attached hydrogen (secondary N) is 1. The molecule has 2 aromatic heterocycles. The number of aromatic nitrogens is 1. The Kier molecular flexibility index (Phi) is 7.63. The number of rotatable bonds is 8. The summed E-state index contributed by atoms with van der Waals surface area (Å²) in [6.07, 6.45) is -2.46. The monoisotopic (exact) mass is 560 g/mol. The highest BCUT2D eigenvalue weighted by Gasteiger charge is 2.34. The van der Waals surface area contributed by atoms with Crippen molar-refractivity contribution in [3.63, 3.8) is 0 Å². The number of anilines is 1. The van der Waals surface area contributed by atoms with Crippen LogP contribution in [0.25, 0.3) is 22.0 Å². The third-order valence-corrected chi connectivity index (χ3v) is 7.82. The lowest BCUT2D eigenvalue weighted by Crippen LogP contribution is -2.08. The predicted molar refractivity (Wildman–Crippen MR) is 154 cm³/mol. The molecule has 3 aromatic carbocycles. The third-order valence-electron chi connectivity index (χ3n) is 7.02. The van der Waals surface area contributed by atoms with Crippen LogP contribution in [0.4, 0.5) is 18.9 Å². The number of benzene rings is 3. The van der Waals surface area contributed by atoms with Gasteiger partial charge in [-0.15, -0.1) is 0 Å². The molecule has 5 aromatic rings. The lowest BCUT2D eigenvalue weighted by molar-refractivity contribution is -0.137. The number of para-hydroxylation sites is 1. The number of carboxylic acid groups (broad SMARTS) is 1. The summed E-state index contributed by atoms with van der Waals surface area (Å²) >= 11 is 1.50. The van der Waals surface area contributed by atoms with Crippen LogP contribution in [0.3, 0.4) is 0 Å². The summed E-state index contributed by atoms with van der Waals surface area (Å²) in [5.41, 5.74) is 7.10. The van der Waals surface area contributed by atoms with E-state index in [0.29, 0.717) is 18.4 Å². The van der Waals surface area contributed by atoms with Crippen molar-refractivity contribution in [1.29, 1.82) is 0 Å². The first-order valence-electron chi connectivity index (χ1n) is 12.7. The first-order valence-corrected chi connectivity index (χ1v) is 13.7. The standard InChI is InChI=1S/C32H27F3N2O2S/c1-19-12-28(20(2)11-22(19)14-29(38)39)36-16-24-17-40-18-26(24)30-23(13-21-7-4-3-5-8-21)15-37-31-25(30)9-6-10-27(31)32(33,34)35/h3-12,15,17-18,36H,13-14,16H2,1-2H3,(H,38,39). The van der Waals surface area contributed by atoms with Crippen LogP contribution in [0.5, 0.6) is 0 Å². The smallest absolute Gasteiger partial charge is 0.418 e. The molecule has 0 bridgehead atoms. The first kappa shape index (κ1) is 27.4. The van der Waals surface area contributed by atoms with Crippen LogP contribution >= 0.6 is 11.3 Å². The van der Waals surface area contributed by atoms with Crippen LogP contribution in [-0.4, -0.2) is 16.1 Å². The number of aryl methyl sites for hydroxylation is 2. The number of hydrogen-bond donors (Lipinski definition) is 2. The zero-order valence-electron chi connectivity index (χ0n) is 22.0. The number of pyridine rings is 1. The van der Waals surface area contributed by atoms with Gasteiger partial charge in [-0.05, 0) is 87.7 Å². The summed E-state index contributed by atoms with van der Waals surface area (Å²) in [4.78, 5) is 15.5. The van der Waals surface area contributed by atoms with Crippen molar-refractivity contribution in [2.45, 2.75) is 39.4 Å². The molecular formula is C32H27F3N2O2S. The number of aliphatic carboxylic acids is 1. The van der Waals surface area contributed by atoms with E-state index in [1.165, 1.54) is 17.4 Å². The second-order valence-corrected chi connectivity index (χ2v) is 10.6. The van der Waals surface area contributed by atoms with Crippen molar-refractivity contribution in [3.8, 4) is 11.1 Å². The summed E-state index contributed by atoms with van der Waals surface area (Å²) in [6, 6.07) is 17.9. The number of halogens is 3. The van der Waals surface area contributed by atoms with Gasteiger partial charge in [0.2, 0.25) is 0 Å². The van der Waals surface area contributed by atoms with Crippen LogP contribution in [0.2, 0.25) is 0 Å². The van der Waals surface area contributed by atoms with Crippen molar-refractivity contribution in [3.05, 3.63) is 117 Å². The van der Waals surface area contributed by atoms with Gasteiger partial charge in [0, 0.05) is 23.8 Å². The summed E-state index contributed by atoms with van der Waals surface area (Å²) in [7, 11) is 0. The fraction of sp³-hybridized carbons (Fsp3) is 0.188. The Balaban J connectivity index is 1.57. The van der Waals surface area contributed by atoms with Crippen LogP contribution in [0, 0.1) is 13.8 Å². The molecule has 40 heavy (non-hydrogen) atoms. The molecule has 204 valence electrons. The van der Waals surface area contributed by atoms with Gasteiger partial charge in [0.05, 0.1) is 17.5 Å². The summed E-state index contributed by atoms with van der Waals surface area (Å²) in [6.45, 7) is 4.26. The van der Waals surface area contributed by atoms with E-state index in [0.717, 1.165) is 56.3 Å². The van der Waals surface area contributed by atoms with E-state index < -0.39 is 17.7 Å². The number of nitrogens with zero attached hydrogens (tertiary/aromatic N) is 1. The number of hydrogen-bond acceptors (Lipinski definition) is 4. The zero-order chi connectivity index (χ0) is 28.4. The van der Waals surface area contributed by atoms with E-state index in [-0.39, 0.29) is 11.9 Å². The molecule has 0 fully saturated rings. The molecule has 0 aliphatic heterocycles. The van der Waals surface area contributed by atoms with Gasteiger partial charge in [0.15, 0.2) is 0 Å². The number of carbonyl (C=O) groups is 1. The second-order valence-electron chi connectivity index (χ2n) is 9.85. The molecule has 2 N–H and O–H groups in total. The largest absolute Gasteiger partial charge is 0.481 e.